The minimum atomic E-state index is -2.63. The zero-order valence-electron chi connectivity index (χ0n) is 23.1. The number of halogens is 2. The van der Waals surface area contributed by atoms with E-state index in [0.717, 1.165) is 52.0 Å². The van der Waals surface area contributed by atoms with E-state index in [9.17, 15) is 13.9 Å². The highest BCUT2D eigenvalue weighted by Gasteiger charge is 2.33. The lowest BCUT2D eigenvalue weighted by atomic mass is 10.0. The van der Waals surface area contributed by atoms with Gasteiger partial charge < -0.3 is 9.67 Å². The summed E-state index contributed by atoms with van der Waals surface area (Å²) in [5.41, 5.74) is 5.29. The van der Waals surface area contributed by atoms with Crippen molar-refractivity contribution < 1.29 is 13.9 Å². The lowest BCUT2D eigenvalue weighted by Gasteiger charge is -2.13. The molecule has 12 heteroatoms. The van der Waals surface area contributed by atoms with Gasteiger partial charge >= 0.3 is 0 Å². The third-order valence-electron chi connectivity index (χ3n) is 7.85. The molecular weight excluding hydrogens is 528 g/mol. The zero-order chi connectivity index (χ0) is 28.6. The molecule has 0 bridgehead atoms. The number of aliphatic hydroxyl groups excluding tert-OH is 1. The van der Waals surface area contributed by atoms with Gasteiger partial charge in [-0.2, -0.15) is 15.3 Å². The maximum Gasteiger partial charge on any atom is 0.280 e. The molecule has 1 aliphatic rings. The van der Waals surface area contributed by atoms with Crippen LogP contribution in [-0.4, -0.2) is 49.0 Å². The molecule has 1 saturated carbocycles. The van der Waals surface area contributed by atoms with Crippen LogP contribution < -0.4 is 0 Å². The third kappa shape index (κ3) is 4.12. The van der Waals surface area contributed by atoms with Crippen molar-refractivity contribution >= 4 is 21.9 Å². The van der Waals surface area contributed by atoms with Crippen LogP contribution >= 0.6 is 0 Å². The lowest BCUT2D eigenvalue weighted by Crippen LogP contribution is -2.06. The van der Waals surface area contributed by atoms with Crippen molar-refractivity contribution in [3.8, 4) is 28.5 Å². The highest BCUT2D eigenvalue weighted by molar-refractivity contribution is 5.95. The number of imidazole rings is 1. The average Bonchev–Trinajstić information content (AvgIpc) is 3.25. The molecule has 0 saturated heterocycles. The van der Waals surface area contributed by atoms with E-state index in [1.807, 2.05) is 57.7 Å². The normalized spacial score (nSPS) is 14.6. The number of fused-ring (bicyclic) bond motifs is 2. The van der Waals surface area contributed by atoms with Gasteiger partial charge in [-0.25, -0.2) is 23.4 Å². The van der Waals surface area contributed by atoms with E-state index in [0.29, 0.717) is 35.0 Å². The second kappa shape index (κ2) is 9.30. The summed E-state index contributed by atoms with van der Waals surface area (Å²) >= 11 is 0. The third-order valence-corrected chi connectivity index (χ3v) is 7.85. The van der Waals surface area contributed by atoms with Crippen LogP contribution in [0.2, 0.25) is 0 Å². The summed E-state index contributed by atoms with van der Waals surface area (Å²) in [4.78, 5) is 9.96. The van der Waals surface area contributed by atoms with Crippen LogP contribution in [0.25, 0.3) is 50.4 Å². The monoisotopic (exact) mass is 557 g/mol. The van der Waals surface area contributed by atoms with Gasteiger partial charge in [0.05, 0.1) is 23.0 Å². The van der Waals surface area contributed by atoms with Crippen molar-refractivity contribution in [2.75, 3.05) is 0 Å². The molecule has 0 radical (unpaired) electrons. The molecule has 210 valence electrons. The number of nitrogens with zero attached hydrogens (tertiary/aromatic N) is 9. The standard InChI is InChI=1S/C29H29F2N9O/c1-5-22(41)24-18(11-16-13-37(2)36-28(16)32-24)29-33-25(26(38(29)3)15-9-10-15)17-7-6-8-20-19(17)14-40(34-20)23-12-21(27(30)31)39(4)35-23/h6-8,11-15,22,27,41H,5,9-10H2,1-4H3. The zero-order valence-corrected chi connectivity index (χ0v) is 23.1. The summed E-state index contributed by atoms with van der Waals surface area (Å²) in [7, 11) is 5.36. The Hall–Kier alpha value is -4.45. The van der Waals surface area contributed by atoms with Gasteiger partial charge in [-0.15, -0.1) is 0 Å². The Morgan fingerprint density at radius 2 is 1.80 bits per heavy atom. The smallest absolute Gasteiger partial charge is 0.280 e. The molecule has 1 aliphatic carbocycles. The van der Waals surface area contributed by atoms with Crippen LogP contribution in [0, 0.1) is 0 Å². The van der Waals surface area contributed by atoms with Gasteiger partial charge in [-0.1, -0.05) is 19.1 Å². The quantitative estimate of drug-likeness (QED) is 0.283. The van der Waals surface area contributed by atoms with Gasteiger partial charge in [0.15, 0.2) is 11.5 Å². The van der Waals surface area contributed by atoms with Crippen molar-refractivity contribution in [1.29, 1.82) is 0 Å². The maximum atomic E-state index is 13.4. The van der Waals surface area contributed by atoms with Gasteiger partial charge in [0.25, 0.3) is 6.43 Å². The first-order valence-corrected chi connectivity index (χ1v) is 13.6. The summed E-state index contributed by atoms with van der Waals surface area (Å²) in [6, 6.07) is 9.20. The molecule has 0 aliphatic heterocycles. The first-order valence-electron chi connectivity index (χ1n) is 13.6. The van der Waals surface area contributed by atoms with Crippen LogP contribution in [0.4, 0.5) is 8.78 Å². The molecule has 41 heavy (non-hydrogen) atoms. The molecule has 7 rings (SSSR count). The Bertz CT molecular complexity index is 1940. The van der Waals surface area contributed by atoms with Crippen LogP contribution in [0.3, 0.4) is 0 Å². The predicted molar refractivity (Wildman–Crippen MR) is 150 cm³/mol. The molecule has 0 spiro atoms. The number of aliphatic hydroxyl groups is 1. The molecule has 5 heterocycles. The van der Waals surface area contributed by atoms with Crippen LogP contribution in [0.15, 0.2) is 42.7 Å². The van der Waals surface area contributed by atoms with Crippen LogP contribution in [0.5, 0.6) is 0 Å². The maximum absolute atomic E-state index is 13.4. The van der Waals surface area contributed by atoms with E-state index in [2.05, 4.69) is 19.9 Å². The van der Waals surface area contributed by atoms with Crippen molar-refractivity contribution in [3.05, 3.63) is 59.8 Å². The van der Waals surface area contributed by atoms with E-state index < -0.39 is 12.5 Å². The van der Waals surface area contributed by atoms with Crippen molar-refractivity contribution in [2.24, 2.45) is 21.1 Å². The fraction of sp³-hybridized carbons (Fsp3) is 0.345. The van der Waals surface area contributed by atoms with Gasteiger partial charge in [-0.05, 0) is 31.4 Å². The Balaban J connectivity index is 1.42. The van der Waals surface area contributed by atoms with Crippen LogP contribution in [-0.2, 0) is 21.1 Å². The number of aryl methyl sites for hydroxylation is 2. The Kier molecular flexibility index (Phi) is 5.79. The Labute approximate surface area is 233 Å². The topological polar surface area (TPSA) is 104 Å². The largest absolute Gasteiger partial charge is 0.387 e. The first-order chi connectivity index (χ1) is 19.7. The highest BCUT2D eigenvalue weighted by atomic mass is 19.3. The molecule has 1 atom stereocenters. The number of rotatable bonds is 7. The summed E-state index contributed by atoms with van der Waals surface area (Å²) in [6.07, 6.45) is 2.97. The second-order valence-electron chi connectivity index (χ2n) is 10.7. The molecule has 1 fully saturated rings. The number of benzene rings is 1. The van der Waals surface area contributed by atoms with Gasteiger partial charge in [0.2, 0.25) is 0 Å². The fourth-order valence-corrected chi connectivity index (χ4v) is 5.64. The van der Waals surface area contributed by atoms with E-state index in [-0.39, 0.29) is 5.69 Å². The molecule has 1 unspecified atom stereocenters. The average molecular weight is 558 g/mol. The molecule has 0 amide bonds. The van der Waals surface area contributed by atoms with E-state index >= 15 is 0 Å². The Morgan fingerprint density at radius 1 is 1.00 bits per heavy atom. The molecule has 5 aromatic heterocycles. The summed E-state index contributed by atoms with van der Waals surface area (Å²) < 4.78 is 33.4. The number of pyridine rings is 1. The predicted octanol–water partition coefficient (Wildman–Crippen LogP) is 5.37. The van der Waals surface area contributed by atoms with Crippen molar-refractivity contribution in [1.82, 2.24) is 43.9 Å². The fourth-order valence-electron chi connectivity index (χ4n) is 5.64. The summed E-state index contributed by atoms with van der Waals surface area (Å²) in [5.74, 6) is 1.40. The van der Waals surface area contributed by atoms with Gasteiger partial charge in [0.1, 0.15) is 11.5 Å². The number of aromatic nitrogens is 9. The van der Waals surface area contributed by atoms with E-state index in [1.54, 1.807) is 4.68 Å². The first kappa shape index (κ1) is 25.5. The molecule has 10 nitrogen and oxygen atoms in total. The summed E-state index contributed by atoms with van der Waals surface area (Å²) in [5, 5.41) is 26.0. The lowest BCUT2D eigenvalue weighted by molar-refractivity contribution is 0.141. The van der Waals surface area contributed by atoms with Gasteiger partial charge in [-0.3, -0.25) is 9.36 Å². The van der Waals surface area contributed by atoms with Crippen molar-refractivity contribution in [3.63, 3.8) is 0 Å². The molecule has 1 aromatic carbocycles. The number of alkyl halides is 2. The molecular formula is C29H29F2N9O. The minimum Gasteiger partial charge on any atom is -0.387 e. The second-order valence-corrected chi connectivity index (χ2v) is 10.7. The molecule has 6 aromatic rings. The van der Waals surface area contributed by atoms with Crippen molar-refractivity contribution in [2.45, 2.75) is 44.6 Å². The number of hydrogen-bond donors (Lipinski definition) is 1. The highest BCUT2D eigenvalue weighted by Crippen LogP contribution is 2.47. The SMILES string of the molecule is CCC(O)c1nc2nn(C)cc2cc1-c1nc(-c2cccc3nn(-c4cc(C(F)F)n(C)n4)cc23)c(C2CC2)n1C. The Morgan fingerprint density at radius 3 is 2.51 bits per heavy atom. The van der Waals surface area contributed by atoms with Crippen LogP contribution in [0.1, 0.15) is 61.7 Å². The van der Waals surface area contributed by atoms with E-state index in [4.69, 9.17) is 9.97 Å². The summed E-state index contributed by atoms with van der Waals surface area (Å²) in [6.45, 7) is 1.92. The minimum absolute atomic E-state index is 0.172. The van der Waals surface area contributed by atoms with Gasteiger partial charge in [0, 0.05) is 73.1 Å². The van der Waals surface area contributed by atoms with E-state index in [1.165, 1.54) is 22.5 Å². The number of hydrogen-bond acceptors (Lipinski definition) is 6. The molecule has 1 N–H and O–H groups in total.